The summed E-state index contributed by atoms with van der Waals surface area (Å²) in [4.78, 5) is 23.1. The molecule has 4 heteroatoms. The number of hydrogen-bond acceptors (Lipinski definition) is 2. The van der Waals surface area contributed by atoms with Gasteiger partial charge in [-0.1, -0.05) is 43.2 Å². The summed E-state index contributed by atoms with van der Waals surface area (Å²) in [7, 11) is 0. The summed E-state index contributed by atoms with van der Waals surface area (Å²) in [6.45, 7) is 0.491. The number of hydrogen-bond donors (Lipinski definition) is 2. The third kappa shape index (κ3) is 4.88. The van der Waals surface area contributed by atoms with Gasteiger partial charge in [-0.15, -0.1) is 0 Å². The Bertz CT molecular complexity index is 472. The lowest BCUT2D eigenvalue weighted by atomic mass is 9.79. The van der Waals surface area contributed by atoms with E-state index in [0.29, 0.717) is 13.0 Å². The van der Waals surface area contributed by atoms with Gasteiger partial charge in [0.15, 0.2) is 0 Å². The van der Waals surface area contributed by atoms with Crippen molar-refractivity contribution >= 4 is 11.9 Å². The first kappa shape index (κ1) is 15.5. The number of nitrogens with one attached hydrogen (secondary N) is 1. The minimum absolute atomic E-state index is 0.00793. The smallest absolute Gasteiger partial charge is 0.306 e. The molecule has 2 rings (SSSR count). The second-order valence-corrected chi connectivity index (χ2v) is 5.78. The largest absolute Gasteiger partial charge is 0.481 e. The Morgan fingerprint density at radius 2 is 1.86 bits per heavy atom. The first-order chi connectivity index (χ1) is 10.2. The van der Waals surface area contributed by atoms with E-state index in [0.717, 1.165) is 37.7 Å². The number of benzene rings is 1. The van der Waals surface area contributed by atoms with Gasteiger partial charge in [0.1, 0.15) is 0 Å². The van der Waals surface area contributed by atoms with Crippen LogP contribution in [0.3, 0.4) is 0 Å². The molecule has 0 radical (unpaired) electrons. The van der Waals surface area contributed by atoms with E-state index in [9.17, 15) is 14.7 Å². The number of carboxylic acids is 1. The molecule has 1 aliphatic carbocycles. The summed E-state index contributed by atoms with van der Waals surface area (Å²) in [5.41, 5.74) is 1.15. The minimum Gasteiger partial charge on any atom is -0.481 e. The molecular weight excluding hydrogens is 266 g/mol. The maximum absolute atomic E-state index is 11.9. The Morgan fingerprint density at radius 3 is 2.57 bits per heavy atom. The first-order valence-corrected chi connectivity index (χ1v) is 7.70. The van der Waals surface area contributed by atoms with Crippen molar-refractivity contribution in [3.8, 4) is 0 Å². The summed E-state index contributed by atoms with van der Waals surface area (Å²) in [6.07, 6.45) is 4.85. The van der Waals surface area contributed by atoms with Gasteiger partial charge in [-0.2, -0.15) is 0 Å². The lowest BCUT2D eigenvalue weighted by Crippen LogP contribution is -2.37. The Hall–Kier alpha value is -1.84. The highest BCUT2D eigenvalue weighted by Crippen LogP contribution is 2.29. The van der Waals surface area contributed by atoms with Crippen LogP contribution in [-0.4, -0.2) is 23.5 Å². The summed E-state index contributed by atoms with van der Waals surface area (Å²) < 4.78 is 0. The normalized spacial score (nSPS) is 21.7. The highest BCUT2D eigenvalue weighted by atomic mass is 16.4. The van der Waals surface area contributed by atoms with Crippen LogP contribution in [0.25, 0.3) is 0 Å². The van der Waals surface area contributed by atoms with Crippen LogP contribution >= 0.6 is 0 Å². The average molecular weight is 289 g/mol. The van der Waals surface area contributed by atoms with Crippen LogP contribution in [0.1, 0.15) is 37.7 Å². The van der Waals surface area contributed by atoms with Gasteiger partial charge < -0.3 is 10.4 Å². The molecule has 0 spiro atoms. The maximum atomic E-state index is 11.9. The van der Waals surface area contributed by atoms with Crippen LogP contribution in [0.15, 0.2) is 30.3 Å². The van der Waals surface area contributed by atoms with Crippen LogP contribution in [0.2, 0.25) is 0 Å². The zero-order valence-electron chi connectivity index (χ0n) is 12.3. The average Bonchev–Trinajstić information content (AvgIpc) is 2.52. The van der Waals surface area contributed by atoms with Gasteiger partial charge in [0, 0.05) is 13.0 Å². The molecule has 1 saturated carbocycles. The van der Waals surface area contributed by atoms with Crippen molar-refractivity contribution in [1.29, 1.82) is 0 Å². The third-order valence-electron chi connectivity index (χ3n) is 4.27. The van der Waals surface area contributed by atoms with E-state index in [4.69, 9.17) is 0 Å². The number of aliphatic carboxylic acids is 1. The van der Waals surface area contributed by atoms with Crippen molar-refractivity contribution in [2.24, 2.45) is 11.8 Å². The number of rotatable bonds is 6. The van der Waals surface area contributed by atoms with Gasteiger partial charge in [-0.3, -0.25) is 9.59 Å². The topological polar surface area (TPSA) is 66.4 Å². The Labute approximate surface area is 125 Å². The molecule has 2 unspecified atom stereocenters. The first-order valence-electron chi connectivity index (χ1n) is 7.70. The van der Waals surface area contributed by atoms with E-state index < -0.39 is 5.97 Å². The van der Waals surface area contributed by atoms with Crippen LogP contribution in [0, 0.1) is 11.8 Å². The predicted octanol–water partition coefficient (Wildman–Crippen LogP) is 2.63. The van der Waals surface area contributed by atoms with E-state index in [1.807, 2.05) is 30.3 Å². The molecule has 1 aromatic rings. The zero-order valence-corrected chi connectivity index (χ0v) is 12.3. The Kier molecular flexibility index (Phi) is 5.78. The summed E-state index contributed by atoms with van der Waals surface area (Å²) >= 11 is 0. The molecule has 1 aromatic carbocycles. The molecule has 21 heavy (non-hydrogen) atoms. The van der Waals surface area contributed by atoms with Crippen molar-refractivity contribution in [2.75, 3.05) is 6.54 Å². The standard InChI is InChI=1S/C17H23NO3/c19-16(11-10-13-6-2-1-3-7-13)18-12-14-8-4-5-9-15(14)17(20)21/h1-3,6-7,14-15H,4-5,8-12H2,(H,18,19)(H,20,21). The Balaban J connectivity index is 1.74. The molecule has 0 saturated heterocycles. The van der Waals surface area contributed by atoms with Gasteiger partial charge in [0.2, 0.25) is 5.91 Å². The molecule has 2 atom stereocenters. The van der Waals surface area contributed by atoms with Gasteiger partial charge in [-0.05, 0) is 30.7 Å². The molecule has 0 aliphatic heterocycles. The monoisotopic (exact) mass is 289 g/mol. The highest BCUT2D eigenvalue weighted by Gasteiger charge is 2.30. The van der Waals surface area contributed by atoms with Crippen molar-refractivity contribution < 1.29 is 14.7 Å². The van der Waals surface area contributed by atoms with Gasteiger partial charge in [0.25, 0.3) is 0 Å². The number of aryl methyl sites for hydroxylation is 1. The van der Waals surface area contributed by atoms with Crippen molar-refractivity contribution in [3.05, 3.63) is 35.9 Å². The molecule has 0 bridgehead atoms. The molecule has 1 fully saturated rings. The molecule has 2 N–H and O–H groups in total. The molecule has 4 nitrogen and oxygen atoms in total. The summed E-state index contributed by atoms with van der Waals surface area (Å²) in [5.74, 6) is -0.933. The van der Waals surface area contributed by atoms with Crippen LogP contribution < -0.4 is 5.32 Å². The van der Waals surface area contributed by atoms with Crippen molar-refractivity contribution in [2.45, 2.75) is 38.5 Å². The second kappa shape index (κ2) is 7.81. The fourth-order valence-electron chi connectivity index (χ4n) is 3.01. The number of carbonyl (C=O) groups is 2. The number of carboxylic acid groups (broad SMARTS) is 1. The lowest BCUT2D eigenvalue weighted by Gasteiger charge is -2.28. The van der Waals surface area contributed by atoms with Crippen LogP contribution in [-0.2, 0) is 16.0 Å². The van der Waals surface area contributed by atoms with Crippen LogP contribution in [0.5, 0.6) is 0 Å². The fourth-order valence-corrected chi connectivity index (χ4v) is 3.01. The molecule has 1 amide bonds. The maximum Gasteiger partial charge on any atom is 0.306 e. The Morgan fingerprint density at radius 1 is 1.14 bits per heavy atom. The predicted molar refractivity (Wildman–Crippen MR) is 80.9 cm³/mol. The lowest BCUT2D eigenvalue weighted by molar-refractivity contribution is -0.145. The minimum atomic E-state index is -0.724. The second-order valence-electron chi connectivity index (χ2n) is 5.78. The summed E-state index contributed by atoms with van der Waals surface area (Å²) in [6, 6.07) is 9.90. The van der Waals surface area contributed by atoms with E-state index >= 15 is 0 Å². The number of carbonyl (C=O) groups excluding carboxylic acids is 1. The molecule has 1 aliphatic rings. The van der Waals surface area contributed by atoms with Crippen LogP contribution in [0.4, 0.5) is 0 Å². The van der Waals surface area contributed by atoms with E-state index in [2.05, 4.69) is 5.32 Å². The highest BCUT2D eigenvalue weighted by molar-refractivity contribution is 5.76. The van der Waals surface area contributed by atoms with E-state index in [1.54, 1.807) is 0 Å². The molecule has 0 aromatic heterocycles. The van der Waals surface area contributed by atoms with E-state index in [1.165, 1.54) is 0 Å². The molecule has 0 heterocycles. The SMILES string of the molecule is O=C(CCc1ccccc1)NCC1CCCCC1C(=O)O. The fraction of sp³-hybridized carbons (Fsp3) is 0.529. The van der Waals surface area contributed by atoms with Crippen molar-refractivity contribution in [3.63, 3.8) is 0 Å². The van der Waals surface area contributed by atoms with Gasteiger partial charge in [-0.25, -0.2) is 0 Å². The van der Waals surface area contributed by atoms with Gasteiger partial charge in [0.05, 0.1) is 5.92 Å². The zero-order chi connectivity index (χ0) is 15.1. The molecule has 114 valence electrons. The summed E-state index contributed by atoms with van der Waals surface area (Å²) in [5, 5.41) is 12.1. The quantitative estimate of drug-likeness (QED) is 0.846. The van der Waals surface area contributed by atoms with Gasteiger partial charge >= 0.3 is 5.97 Å². The number of amides is 1. The third-order valence-corrected chi connectivity index (χ3v) is 4.27. The molecular formula is C17H23NO3. The van der Waals surface area contributed by atoms with Crippen molar-refractivity contribution in [1.82, 2.24) is 5.32 Å². The van der Waals surface area contributed by atoms with E-state index in [-0.39, 0.29) is 17.7 Å².